The van der Waals surface area contributed by atoms with E-state index < -0.39 is 0 Å². The lowest BCUT2D eigenvalue weighted by Crippen LogP contribution is -2.35. The Labute approximate surface area is 139 Å². The Hall–Kier alpha value is -3.14. The second kappa shape index (κ2) is 5.81. The van der Waals surface area contributed by atoms with E-state index in [4.69, 9.17) is 0 Å². The summed E-state index contributed by atoms with van der Waals surface area (Å²) in [7, 11) is 0. The standard InChI is InChI=1S/C20H17N3O/c1-2-20(24)22(15-11-13-21-14-12-15)23-18-9-5-3-7-16(18)17-8-4-6-10-19(17)23/h3-14H,2H2,1H3. The Balaban J connectivity index is 2.10. The zero-order chi connectivity index (χ0) is 16.5. The molecule has 2 aromatic carbocycles. The van der Waals surface area contributed by atoms with Crippen molar-refractivity contribution in [3.8, 4) is 0 Å². The molecule has 0 spiro atoms. The number of rotatable bonds is 3. The number of anilines is 1. The minimum atomic E-state index is 0.0349. The lowest BCUT2D eigenvalue weighted by molar-refractivity contribution is -0.118. The molecule has 0 saturated heterocycles. The summed E-state index contributed by atoms with van der Waals surface area (Å²) in [5.74, 6) is 0.0349. The summed E-state index contributed by atoms with van der Waals surface area (Å²) in [5.41, 5.74) is 2.83. The van der Waals surface area contributed by atoms with Crippen LogP contribution in [0.15, 0.2) is 73.1 Å². The number of aromatic nitrogens is 2. The van der Waals surface area contributed by atoms with Crippen LogP contribution in [0.4, 0.5) is 5.69 Å². The zero-order valence-electron chi connectivity index (χ0n) is 13.4. The van der Waals surface area contributed by atoms with Gasteiger partial charge < -0.3 is 0 Å². The first-order valence-corrected chi connectivity index (χ1v) is 8.02. The maximum atomic E-state index is 12.8. The highest BCUT2D eigenvalue weighted by Gasteiger charge is 2.21. The monoisotopic (exact) mass is 315 g/mol. The van der Waals surface area contributed by atoms with Gasteiger partial charge >= 0.3 is 0 Å². The van der Waals surface area contributed by atoms with Crippen LogP contribution in [0, 0.1) is 0 Å². The molecule has 0 fully saturated rings. The van der Waals surface area contributed by atoms with Crippen LogP contribution >= 0.6 is 0 Å². The summed E-state index contributed by atoms with van der Waals surface area (Å²) in [5, 5.41) is 4.01. The number of benzene rings is 2. The van der Waals surface area contributed by atoms with E-state index in [1.54, 1.807) is 17.4 Å². The molecule has 2 heterocycles. The number of hydrogen-bond acceptors (Lipinski definition) is 2. The molecule has 0 radical (unpaired) electrons. The van der Waals surface area contributed by atoms with Crippen molar-refractivity contribution >= 4 is 33.4 Å². The van der Waals surface area contributed by atoms with E-state index in [1.165, 1.54) is 0 Å². The van der Waals surface area contributed by atoms with Gasteiger partial charge in [-0.1, -0.05) is 43.3 Å². The average molecular weight is 315 g/mol. The maximum absolute atomic E-state index is 12.8. The molecule has 24 heavy (non-hydrogen) atoms. The number of carbonyl (C=O) groups excluding carboxylic acids is 1. The minimum absolute atomic E-state index is 0.0349. The summed E-state index contributed by atoms with van der Waals surface area (Å²) in [4.78, 5) is 16.9. The Morgan fingerprint density at radius 3 is 2.00 bits per heavy atom. The molecule has 0 bridgehead atoms. The molecule has 0 N–H and O–H groups in total. The van der Waals surface area contributed by atoms with Crippen LogP contribution in [0.5, 0.6) is 0 Å². The van der Waals surface area contributed by atoms with Crippen LogP contribution in [0.1, 0.15) is 13.3 Å². The molecule has 0 atom stereocenters. The summed E-state index contributed by atoms with van der Waals surface area (Å²) < 4.78 is 2.01. The molecule has 0 saturated carbocycles. The van der Waals surface area contributed by atoms with Gasteiger partial charge in [-0.15, -0.1) is 0 Å². The van der Waals surface area contributed by atoms with Crippen molar-refractivity contribution in [3.63, 3.8) is 0 Å². The van der Waals surface area contributed by atoms with Crippen molar-refractivity contribution in [2.45, 2.75) is 13.3 Å². The normalized spacial score (nSPS) is 11.0. The van der Waals surface area contributed by atoms with Gasteiger partial charge in [0.15, 0.2) is 0 Å². The topological polar surface area (TPSA) is 38.1 Å². The largest absolute Gasteiger partial charge is 0.273 e. The molecule has 0 aliphatic heterocycles. The van der Waals surface area contributed by atoms with Gasteiger partial charge in [-0.25, -0.2) is 9.69 Å². The molecule has 118 valence electrons. The fourth-order valence-corrected chi connectivity index (χ4v) is 3.12. The van der Waals surface area contributed by atoms with Crippen LogP contribution in [0.25, 0.3) is 21.8 Å². The summed E-state index contributed by atoms with van der Waals surface area (Å²) >= 11 is 0. The van der Waals surface area contributed by atoms with E-state index in [2.05, 4.69) is 17.1 Å². The van der Waals surface area contributed by atoms with Crippen molar-refractivity contribution in [2.24, 2.45) is 0 Å². The number of pyridine rings is 1. The number of amides is 1. The van der Waals surface area contributed by atoms with Crippen LogP contribution in [0.3, 0.4) is 0 Å². The van der Waals surface area contributed by atoms with Crippen LogP contribution < -0.4 is 5.01 Å². The fourth-order valence-electron chi connectivity index (χ4n) is 3.12. The molecule has 4 nitrogen and oxygen atoms in total. The van der Waals surface area contributed by atoms with Gasteiger partial charge in [0.2, 0.25) is 5.91 Å². The third-order valence-corrected chi connectivity index (χ3v) is 4.20. The van der Waals surface area contributed by atoms with Gasteiger partial charge in [0.25, 0.3) is 0 Å². The molecule has 4 aromatic rings. The summed E-state index contributed by atoms with van der Waals surface area (Å²) in [6, 6.07) is 20.0. The first-order valence-electron chi connectivity index (χ1n) is 8.02. The van der Waals surface area contributed by atoms with Gasteiger partial charge in [0.05, 0.1) is 16.7 Å². The molecule has 0 aliphatic carbocycles. The number of carbonyl (C=O) groups is 1. The van der Waals surface area contributed by atoms with Crippen molar-refractivity contribution in [3.05, 3.63) is 73.1 Å². The lowest BCUT2D eigenvalue weighted by Gasteiger charge is -2.25. The van der Waals surface area contributed by atoms with E-state index in [9.17, 15) is 4.79 Å². The van der Waals surface area contributed by atoms with E-state index in [0.717, 1.165) is 27.5 Å². The predicted octanol–water partition coefficient (Wildman–Crippen LogP) is 4.40. The highest BCUT2D eigenvalue weighted by atomic mass is 16.2. The molecular formula is C20H17N3O. The van der Waals surface area contributed by atoms with Crippen molar-refractivity contribution in [2.75, 3.05) is 5.01 Å². The molecule has 4 heteroatoms. The molecule has 0 aliphatic rings. The second-order valence-electron chi connectivity index (χ2n) is 5.61. The number of nitrogens with zero attached hydrogens (tertiary/aromatic N) is 3. The predicted molar refractivity (Wildman–Crippen MR) is 96.9 cm³/mol. The second-order valence-corrected chi connectivity index (χ2v) is 5.61. The zero-order valence-corrected chi connectivity index (χ0v) is 13.4. The third-order valence-electron chi connectivity index (χ3n) is 4.20. The van der Waals surface area contributed by atoms with Gasteiger partial charge in [-0.05, 0) is 24.3 Å². The van der Waals surface area contributed by atoms with Gasteiger partial charge in [0, 0.05) is 29.6 Å². The Bertz CT molecular complexity index is 968. The lowest BCUT2D eigenvalue weighted by atomic mass is 10.2. The first kappa shape index (κ1) is 14.5. The smallest absolute Gasteiger partial charge is 0.245 e. The highest BCUT2D eigenvalue weighted by Crippen LogP contribution is 2.31. The highest BCUT2D eigenvalue weighted by molar-refractivity contribution is 6.10. The first-order chi connectivity index (χ1) is 11.8. The van der Waals surface area contributed by atoms with E-state index in [0.29, 0.717) is 6.42 Å². The van der Waals surface area contributed by atoms with Crippen molar-refractivity contribution in [1.82, 2.24) is 9.66 Å². The van der Waals surface area contributed by atoms with Gasteiger partial charge in [0.1, 0.15) is 0 Å². The summed E-state index contributed by atoms with van der Waals surface area (Å²) in [6.45, 7) is 1.88. The molecule has 4 rings (SSSR count). The average Bonchev–Trinajstić information content (AvgIpc) is 2.98. The van der Waals surface area contributed by atoms with Crippen molar-refractivity contribution < 1.29 is 4.79 Å². The number of fused-ring (bicyclic) bond motifs is 3. The molecule has 2 aromatic heterocycles. The minimum Gasteiger partial charge on any atom is -0.273 e. The van der Waals surface area contributed by atoms with Crippen molar-refractivity contribution in [1.29, 1.82) is 0 Å². The molecule has 0 unspecified atom stereocenters. The summed E-state index contributed by atoms with van der Waals surface area (Å²) in [6.07, 6.45) is 3.83. The third kappa shape index (κ3) is 2.15. The Kier molecular flexibility index (Phi) is 3.50. The van der Waals surface area contributed by atoms with Crippen LogP contribution in [-0.2, 0) is 4.79 Å². The van der Waals surface area contributed by atoms with E-state index >= 15 is 0 Å². The molecular weight excluding hydrogens is 298 g/mol. The van der Waals surface area contributed by atoms with E-state index in [-0.39, 0.29) is 5.91 Å². The van der Waals surface area contributed by atoms with Gasteiger partial charge in [-0.2, -0.15) is 0 Å². The van der Waals surface area contributed by atoms with Gasteiger partial charge in [-0.3, -0.25) is 9.78 Å². The fraction of sp³-hybridized carbons (Fsp3) is 0.100. The maximum Gasteiger partial charge on any atom is 0.245 e. The van der Waals surface area contributed by atoms with Crippen LogP contribution in [0.2, 0.25) is 0 Å². The quantitative estimate of drug-likeness (QED) is 0.562. The van der Waals surface area contributed by atoms with Crippen LogP contribution in [-0.4, -0.2) is 15.6 Å². The number of hydrogen-bond donors (Lipinski definition) is 0. The van der Waals surface area contributed by atoms with E-state index in [1.807, 2.05) is 60.1 Å². The molecule has 1 amide bonds. The Morgan fingerprint density at radius 1 is 0.917 bits per heavy atom. The SMILES string of the molecule is CCC(=O)N(c1ccncc1)n1c2ccccc2c2ccccc21. The number of para-hydroxylation sites is 2. The Morgan fingerprint density at radius 2 is 1.46 bits per heavy atom.